The van der Waals surface area contributed by atoms with Crippen LogP contribution < -0.4 is 9.79 Å². The van der Waals surface area contributed by atoms with Gasteiger partial charge in [-0.05, 0) is 24.3 Å². The highest BCUT2D eigenvalue weighted by atomic mass is 32.2. The zero-order valence-corrected chi connectivity index (χ0v) is 8.58. The van der Waals surface area contributed by atoms with E-state index in [1.54, 1.807) is 12.1 Å². The number of rotatable bonds is 5. The molecule has 0 N–H and O–H groups in total. The van der Waals surface area contributed by atoms with E-state index >= 15 is 0 Å². The predicted octanol–water partition coefficient (Wildman–Crippen LogP) is 2.53. The Morgan fingerprint density at radius 3 is 2.36 bits per heavy atom. The van der Waals surface area contributed by atoms with E-state index in [4.69, 9.17) is 0 Å². The van der Waals surface area contributed by atoms with Crippen LogP contribution >= 0.6 is 12.4 Å². The fourth-order valence-corrected chi connectivity index (χ4v) is 0.912. The van der Waals surface area contributed by atoms with Crippen LogP contribution in [0, 0.1) is 0 Å². The Kier molecular flexibility index (Phi) is 4.51. The van der Waals surface area contributed by atoms with E-state index in [1.807, 2.05) is 31.1 Å². The molecule has 0 aliphatic carbocycles. The van der Waals surface area contributed by atoms with Gasteiger partial charge < -0.3 is 9.79 Å². The molecule has 1 aromatic carbocycles. The van der Waals surface area contributed by atoms with Gasteiger partial charge in [-0.25, -0.2) is 0 Å². The van der Waals surface area contributed by atoms with Crippen molar-refractivity contribution >= 4 is 18.1 Å². The maximum absolute atomic E-state index is 11.3. The number of nitrogens with zero attached hydrogens (tertiary/aromatic N) is 1. The molecule has 0 spiro atoms. The molecule has 0 fully saturated rings. The quantitative estimate of drug-likeness (QED) is 0.329. The fourth-order valence-electron chi connectivity index (χ4n) is 0.864. The minimum absolute atomic E-state index is 0.427. The summed E-state index contributed by atoms with van der Waals surface area (Å²) in [6, 6.07) is 7.03. The molecule has 0 aliphatic heterocycles. The van der Waals surface area contributed by atoms with Crippen molar-refractivity contribution in [2.24, 2.45) is 0 Å². The Hall–Kier alpha value is -0.980. The molecule has 6 heteroatoms. The molecule has 0 saturated heterocycles. The van der Waals surface area contributed by atoms with Gasteiger partial charge in [0.2, 0.25) is 12.4 Å². The summed E-state index contributed by atoms with van der Waals surface area (Å²) in [5, 5.41) is 4.04. The van der Waals surface area contributed by atoms with Gasteiger partial charge in [0.25, 0.3) is 0 Å². The average molecular weight is 219 g/mol. The van der Waals surface area contributed by atoms with Gasteiger partial charge in [0.15, 0.2) is 5.75 Å². The minimum Gasteiger partial charge on any atom is -0.378 e. The van der Waals surface area contributed by atoms with Gasteiger partial charge in [0.1, 0.15) is 0 Å². The smallest absolute Gasteiger partial charge is 0.246 e. The van der Waals surface area contributed by atoms with Gasteiger partial charge in [-0.3, -0.25) is 0 Å². The molecule has 0 amide bonds. The summed E-state index contributed by atoms with van der Waals surface area (Å²) in [6.07, 6.45) is 0. The SMILES string of the molecule is CN(C)c1ccc(OOOSF)cc1. The number of hydrogen-bond acceptors (Lipinski definition) is 5. The van der Waals surface area contributed by atoms with Crippen molar-refractivity contribution in [2.45, 2.75) is 0 Å². The van der Waals surface area contributed by atoms with Crippen LogP contribution in [-0.4, -0.2) is 14.1 Å². The average Bonchev–Trinajstić information content (AvgIpc) is 2.19. The summed E-state index contributed by atoms with van der Waals surface area (Å²) < 4.78 is 15.2. The first-order chi connectivity index (χ1) is 6.74. The lowest BCUT2D eigenvalue weighted by Gasteiger charge is -2.11. The molecule has 4 nitrogen and oxygen atoms in total. The second-order valence-electron chi connectivity index (χ2n) is 2.67. The van der Waals surface area contributed by atoms with Crippen molar-refractivity contribution in [1.82, 2.24) is 0 Å². The van der Waals surface area contributed by atoms with Gasteiger partial charge in [-0.2, -0.15) is 0 Å². The maximum Gasteiger partial charge on any atom is 0.246 e. The summed E-state index contributed by atoms with van der Waals surface area (Å²) in [7, 11) is 3.85. The van der Waals surface area contributed by atoms with Crippen molar-refractivity contribution in [3.8, 4) is 5.75 Å². The van der Waals surface area contributed by atoms with Gasteiger partial charge in [-0.1, -0.05) is 4.33 Å². The topological polar surface area (TPSA) is 30.9 Å². The van der Waals surface area contributed by atoms with Crippen LogP contribution in [0.4, 0.5) is 9.57 Å². The maximum atomic E-state index is 11.3. The molecular formula is C8H10FNO3S. The Morgan fingerprint density at radius 1 is 1.21 bits per heavy atom. The van der Waals surface area contributed by atoms with Crippen LogP contribution in [0.15, 0.2) is 24.3 Å². The third kappa shape index (κ3) is 3.41. The number of anilines is 1. The molecule has 0 aromatic heterocycles. The van der Waals surface area contributed by atoms with E-state index in [9.17, 15) is 3.89 Å². The molecule has 0 atom stereocenters. The van der Waals surface area contributed by atoms with Gasteiger partial charge in [0.05, 0.1) is 0 Å². The van der Waals surface area contributed by atoms with Crippen LogP contribution in [0.2, 0.25) is 0 Å². The Labute approximate surface area is 85.9 Å². The first kappa shape index (κ1) is 11.1. The van der Waals surface area contributed by atoms with Crippen molar-refractivity contribution in [3.05, 3.63) is 24.3 Å². The van der Waals surface area contributed by atoms with E-state index in [1.165, 1.54) is 0 Å². The van der Waals surface area contributed by atoms with Crippen LogP contribution in [0.5, 0.6) is 5.75 Å². The van der Waals surface area contributed by atoms with Crippen LogP contribution in [-0.2, 0) is 9.37 Å². The molecule has 78 valence electrons. The molecule has 0 aliphatic rings. The summed E-state index contributed by atoms with van der Waals surface area (Å²) in [5.74, 6) is 0.435. The largest absolute Gasteiger partial charge is 0.378 e. The summed E-state index contributed by atoms with van der Waals surface area (Å²) >= 11 is -0.427. The van der Waals surface area contributed by atoms with Gasteiger partial charge in [0, 0.05) is 24.8 Å². The zero-order chi connectivity index (χ0) is 10.4. The minimum atomic E-state index is -0.427. The molecule has 1 aromatic rings. The Bertz CT molecular complexity index is 268. The Balaban J connectivity index is 2.47. The molecule has 0 radical (unpaired) electrons. The normalized spacial score (nSPS) is 9.93. The third-order valence-electron chi connectivity index (χ3n) is 1.54. The standard InChI is InChI=1S/C8H10FNO3S/c1-10(2)7-3-5-8(6-4-7)11-12-13-14-9/h3-6H,1-2H3. The highest BCUT2D eigenvalue weighted by Gasteiger charge is 1.98. The Morgan fingerprint density at radius 2 is 1.86 bits per heavy atom. The highest BCUT2D eigenvalue weighted by molar-refractivity contribution is 7.89. The van der Waals surface area contributed by atoms with Crippen molar-refractivity contribution < 1.29 is 18.1 Å². The number of hydrogen-bond donors (Lipinski definition) is 0. The van der Waals surface area contributed by atoms with Crippen LogP contribution in [0.3, 0.4) is 0 Å². The second kappa shape index (κ2) is 5.69. The zero-order valence-electron chi connectivity index (χ0n) is 7.77. The van der Waals surface area contributed by atoms with Crippen molar-refractivity contribution in [2.75, 3.05) is 19.0 Å². The molecule has 1 rings (SSSR count). The van der Waals surface area contributed by atoms with E-state index in [0.29, 0.717) is 5.75 Å². The summed E-state index contributed by atoms with van der Waals surface area (Å²) in [6.45, 7) is 0. The van der Waals surface area contributed by atoms with Crippen molar-refractivity contribution in [1.29, 1.82) is 0 Å². The third-order valence-corrected chi connectivity index (χ3v) is 1.64. The van der Waals surface area contributed by atoms with Crippen LogP contribution in [0.25, 0.3) is 0 Å². The summed E-state index contributed by atoms with van der Waals surface area (Å²) in [5.41, 5.74) is 1.03. The molecule has 0 saturated carbocycles. The van der Waals surface area contributed by atoms with Crippen LogP contribution in [0.1, 0.15) is 0 Å². The molecule has 0 heterocycles. The monoisotopic (exact) mass is 219 g/mol. The van der Waals surface area contributed by atoms with Gasteiger partial charge >= 0.3 is 0 Å². The lowest BCUT2D eigenvalue weighted by Crippen LogP contribution is -2.08. The van der Waals surface area contributed by atoms with E-state index in [2.05, 4.69) is 14.3 Å². The van der Waals surface area contributed by atoms with Crippen molar-refractivity contribution in [3.63, 3.8) is 0 Å². The van der Waals surface area contributed by atoms with E-state index in [0.717, 1.165) is 5.69 Å². The number of benzene rings is 1. The lowest BCUT2D eigenvalue weighted by atomic mass is 10.3. The lowest BCUT2D eigenvalue weighted by molar-refractivity contribution is -0.405. The predicted molar refractivity (Wildman–Crippen MR) is 52.3 cm³/mol. The first-order valence-corrected chi connectivity index (χ1v) is 4.44. The molecule has 0 bridgehead atoms. The highest BCUT2D eigenvalue weighted by Crippen LogP contribution is 2.18. The summed E-state index contributed by atoms with van der Waals surface area (Å²) in [4.78, 5) is 6.52. The second-order valence-corrected chi connectivity index (χ2v) is 2.93. The molecule has 14 heavy (non-hydrogen) atoms. The molecular weight excluding hydrogens is 209 g/mol. The molecule has 0 unspecified atom stereocenters. The number of halogens is 1. The van der Waals surface area contributed by atoms with Gasteiger partial charge in [-0.15, -0.1) is 3.89 Å². The fraction of sp³-hybridized carbons (Fsp3) is 0.250. The van der Waals surface area contributed by atoms with E-state index < -0.39 is 12.4 Å². The first-order valence-electron chi connectivity index (χ1n) is 3.80. The van der Waals surface area contributed by atoms with E-state index in [-0.39, 0.29) is 0 Å².